The first kappa shape index (κ1) is 16.1. The van der Waals surface area contributed by atoms with Crippen molar-refractivity contribution in [3.63, 3.8) is 0 Å². The molecule has 0 aromatic heterocycles. The number of ketones is 1. The molecule has 1 aromatic rings. The number of hydrogen-bond donors (Lipinski definition) is 0. The zero-order chi connectivity index (χ0) is 15.4. The van der Waals surface area contributed by atoms with E-state index in [0.29, 0.717) is 24.2 Å². The van der Waals surface area contributed by atoms with E-state index in [-0.39, 0.29) is 11.9 Å². The molecule has 0 spiro atoms. The summed E-state index contributed by atoms with van der Waals surface area (Å²) < 4.78 is 6.33. The third kappa shape index (κ3) is 3.87. The Labute approximate surface area is 128 Å². The first-order valence-corrected chi connectivity index (χ1v) is 8.31. The van der Waals surface area contributed by atoms with E-state index in [1.54, 1.807) is 0 Å². The van der Waals surface area contributed by atoms with E-state index < -0.39 is 0 Å². The van der Waals surface area contributed by atoms with Gasteiger partial charge in [-0.3, -0.25) is 4.79 Å². The Morgan fingerprint density at radius 3 is 2.67 bits per heavy atom. The number of carbonyl (C=O) groups is 1. The minimum Gasteiger partial charge on any atom is -0.489 e. The van der Waals surface area contributed by atoms with Crippen molar-refractivity contribution in [2.75, 3.05) is 0 Å². The lowest BCUT2D eigenvalue weighted by Gasteiger charge is -2.37. The summed E-state index contributed by atoms with van der Waals surface area (Å²) in [6.07, 6.45) is 4.37. The summed E-state index contributed by atoms with van der Waals surface area (Å²) in [4.78, 5) is 12.1. The zero-order valence-corrected chi connectivity index (χ0v) is 13.8. The molecule has 0 heterocycles. The Morgan fingerprint density at radius 1 is 1.29 bits per heavy atom. The quantitative estimate of drug-likeness (QED) is 0.703. The Bertz CT molecular complexity index is 478. The molecular weight excluding hydrogens is 260 g/mol. The van der Waals surface area contributed by atoms with Crippen LogP contribution in [0.2, 0.25) is 0 Å². The zero-order valence-electron chi connectivity index (χ0n) is 13.8. The molecule has 21 heavy (non-hydrogen) atoms. The van der Waals surface area contributed by atoms with Crippen LogP contribution in [0.1, 0.15) is 63.7 Å². The average molecular weight is 288 g/mol. The Kier molecular flexibility index (Phi) is 5.44. The Balaban J connectivity index is 2.21. The first-order valence-electron chi connectivity index (χ1n) is 8.31. The van der Waals surface area contributed by atoms with Crippen LogP contribution >= 0.6 is 0 Å². The third-order valence-corrected chi connectivity index (χ3v) is 4.75. The molecule has 0 saturated heterocycles. The molecule has 1 saturated carbocycles. The third-order valence-electron chi connectivity index (χ3n) is 4.75. The van der Waals surface area contributed by atoms with Crippen molar-refractivity contribution in [3.05, 3.63) is 29.8 Å². The maximum Gasteiger partial charge on any atom is 0.166 e. The van der Waals surface area contributed by atoms with Gasteiger partial charge in [0.25, 0.3) is 0 Å². The predicted molar refractivity (Wildman–Crippen MR) is 86.8 cm³/mol. The predicted octanol–water partition coefficient (Wildman–Crippen LogP) is 5.12. The maximum atomic E-state index is 12.1. The first-order chi connectivity index (χ1) is 10.0. The molecular formula is C19H28O2. The molecule has 0 aliphatic heterocycles. The van der Waals surface area contributed by atoms with Crippen LogP contribution in [0.5, 0.6) is 5.75 Å². The molecule has 0 bridgehead atoms. The number of carbonyl (C=O) groups excluding carboxylic acids is 1. The molecule has 2 rings (SSSR count). The van der Waals surface area contributed by atoms with Crippen LogP contribution in [0, 0.1) is 17.8 Å². The summed E-state index contributed by atoms with van der Waals surface area (Å²) in [6.45, 7) is 8.76. The van der Waals surface area contributed by atoms with Crippen molar-refractivity contribution >= 4 is 5.78 Å². The monoisotopic (exact) mass is 288 g/mol. The molecule has 1 aliphatic rings. The van der Waals surface area contributed by atoms with Gasteiger partial charge in [0.15, 0.2) is 5.78 Å². The lowest BCUT2D eigenvalue weighted by Crippen LogP contribution is -2.36. The van der Waals surface area contributed by atoms with Gasteiger partial charge in [0.05, 0.1) is 5.56 Å². The van der Waals surface area contributed by atoms with Gasteiger partial charge in [0.2, 0.25) is 0 Å². The molecule has 2 heteroatoms. The van der Waals surface area contributed by atoms with Crippen LogP contribution in [0.25, 0.3) is 0 Å². The van der Waals surface area contributed by atoms with E-state index >= 15 is 0 Å². The van der Waals surface area contributed by atoms with E-state index in [4.69, 9.17) is 4.74 Å². The van der Waals surface area contributed by atoms with Crippen LogP contribution < -0.4 is 4.74 Å². The number of benzene rings is 1. The molecule has 1 aromatic carbocycles. The fourth-order valence-electron chi connectivity index (χ4n) is 3.40. The molecule has 1 aliphatic carbocycles. The van der Waals surface area contributed by atoms with Gasteiger partial charge < -0.3 is 4.74 Å². The summed E-state index contributed by atoms with van der Waals surface area (Å²) in [5.41, 5.74) is 0.737. The van der Waals surface area contributed by atoms with Crippen molar-refractivity contribution < 1.29 is 9.53 Å². The van der Waals surface area contributed by atoms with Gasteiger partial charge >= 0.3 is 0 Å². The van der Waals surface area contributed by atoms with Crippen LogP contribution in [0.4, 0.5) is 0 Å². The van der Waals surface area contributed by atoms with E-state index in [1.807, 2.05) is 31.2 Å². The number of Topliss-reactive ketones (excluding diaryl/α,β-unsaturated/α-hetero) is 1. The number of ether oxygens (including phenoxy) is 1. The van der Waals surface area contributed by atoms with Crippen LogP contribution in [0.3, 0.4) is 0 Å². The number of para-hydroxylation sites is 1. The Morgan fingerprint density at radius 2 is 2.00 bits per heavy atom. The molecule has 0 amide bonds. The van der Waals surface area contributed by atoms with E-state index in [1.165, 1.54) is 12.8 Å². The lowest BCUT2D eigenvalue weighted by molar-refractivity contribution is 0.0452. The minimum absolute atomic E-state index is 0.163. The molecule has 1 fully saturated rings. The highest BCUT2D eigenvalue weighted by Gasteiger charge is 2.32. The fourth-order valence-corrected chi connectivity index (χ4v) is 3.40. The van der Waals surface area contributed by atoms with Crippen molar-refractivity contribution in [2.45, 2.75) is 59.5 Å². The summed E-state index contributed by atoms with van der Waals surface area (Å²) >= 11 is 0. The van der Waals surface area contributed by atoms with Gasteiger partial charge in [-0.1, -0.05) is 46.2 Å². The highest BCUT2D eigenvalue weighted by atomic mass is 16.5. The van der Waals surface area contributed by atoms with Crippen LogP contribution in [-0.2, 0) is 0 Å². The minimum atomic E-state index is 0.163. The van der Waals surface area contributed by atoms with E-state index in [9.17, 15) is 4.79 Å². The summed E-state index contributed by atoms with van der Waals surface area (Å²) in [5, 5.41) is 0. The van der Waals surface area contributed by atoms with E-state index in [2.05, 4.69) is 20.8 Å². The van der Waals surface area contributed by atoms with Gasteiger partial charge in [-0.05, 0) is 42.7 Å². The number of rotatable bonds is 5. The normalized spacial score (nSPS) is 25.9. The summed E-state index contributed by atoms with van der Waals surface area (Å²) in [7, 11) is 0. The topological polar surface area (TPSA) is 26.3 Å². The van der Waals surface area contributed by atoms with Crippen LogP contribution in [0.15, 0.2) is 24.3 Å². The van der Waals surface area contributed by atoms with Crippen molar-refractivity contribution in [1.82, 2.24) is 0 Å². The standard InChI is InChI=1S/C19H28O2/c1-5-17(20)16-8-6-7-9-18(16)21-19-12-14(4)10-11-15(19)13(2)3/h6-9,13-15,19H,5,10-12H2,1-4H3. The Hall–Kier alpha value is -1.31. The second-order valence-corrected chi connectivity index (χ2v) is 6.76. The van der Waals surface area contributed by atoms with Crippen molar-refractivity contribution in [2.24, 2.45) is 17.8 Å². The second kappa shape index (κ2) is 7.11. The van der Waals surface area contributed by atoms with Gasteiger partial charge in [-0.25, -0.2) is 0 Å². The molecule has 0 radical (unpaired) electrons. The maximum absolute atomic E-state index is 12.1. The lowest BCUT2D eigenvalue weighted by atomic mass is 9.75. The summed E-state index contributed by atoms with van der Waals surface area (Å²) in [6, 6.07) is 7.70. The molecule has 2 nitrogen and oxygen atoms in total. The van der Waals surface area contributed by atoms with Gasteiger partial charge in [0.1, 0.15) is 11.9 Å². The molecule has 3 atom stereocenters. The van der Waals surface area contributed by atoms with Gasteiger partial charge in [0, 0.05) is 6.42 Å². The average Bonchev–Trinajstić information content (AvgIpc) is 2.47. The van der Waals surface area contributed by atoms with Gasteiger partial charge in [-0.15, -0.1) is 0 Å². The van der Waals surface area contributed by atoms with Crippen LogP contribution in [-0.4, -0.2) is 11.9 Å². The molecule has 0 N–H and O–H groups in total. The highest BCUT2D eigenvalue weighted by Crippen LogP contribution is 2.36. The fraction of sp³-hybridized carbons (Fsp3) is 0.632. The largest absolute Gasteiger partial charge is 0.489 e. The molecule has 3 unspecified atom stereocenters. The van der Waals surface area contributed by atoms with Gasteiger partial charge in [-0.2, -0.15) is 0 Å². The second-order valence-electron chi connectivity index (χ2n) is 6.76. The smallest absolute Gasteiger partial charge is 0.166 e. The molecule has 116 valence electrons. The van der Waals surface area contributed by atoms with E-state index in [0.717, 1.165) is 17.7 Å². The summed E-state index contributed by atoms with van der Waals surface area (Å²) in [5.74, 6) is 2.85. The number of hydrogen-bond acceptors (Lipinski definition) is 2. The van der Waals surface area contributed by atoms with Crippen molar-refractivity contribution in [1.29, 1.82) is 0 Å². The highest BCUT2D eigenvalue weighted by molar-refractivity contribution is 5.98. The van der Waals surface area contributed by atoms with Crippen molar-refractivity contribution in [3.8, 4) is 5.75 Å². The SMILES string of the molecule is CCC(=O)c1ccccc1OC1CC(C)CCC1C(C)C.